The van der Waals surface area contributed by atoms with Gasteiger partial charge in [-0.3, -0.25) is 4.79 Å². The molecule has 9 heteroatoms. The molecule has 5 rings (SSSR count). The van der Waals surface area contributed by atoms with Gasteiger partial charge in [0.2, 0.25) is 5.91 Å². The second-order valence-electron chi connectivity index (χ2n) is 10.1. The molecule has 43 heavy (non-hydrogen) atoms. The van der Waals surface area contributed by atoms with E-state index in [0.29, 0.717) is 11.5 Å². The summed E-state index contributed by atoms with van der Waals surface area (Å²) in [4.78, 5) is 38.0. The summed E-state index contributed by atoms with van der Waals surface area (Å²) in [5.41, 5.74) is 5.75. The fraction of sp³-hybridized carbons (Fsp3) is 0.206. The van der Waals surface area contributed by atoms with Gasteiger partial charge in [0.1, 0.15) is 24.1 Å². The third-order valence-corrected chi connectivity index (χ3v) is 7.53. The van der Waals surface area contributed by atoms with Crippen molar-refractivity contribution < 1.29 is 33.7 Å². The zero-order valence-corrected chi connectivity index (χ0v) is 23.8. The maximum Gasteiger partial charge on any atom is 0.407 e. The van der Waals surface area contributed by atoms with Crippen LogP contribution < -0.4 is 20.1 Å². The van der Waals surface area contributed by atoms with Crippen LogP contribution in [0.4, 0.5) is 4.79 Å². The van der Waals surface area contributed by atoms with Gasteiger partial charge in [-0.15, -0.1) is 0 Å². The van der Waals surface area contributed by atoms with Crippen LogP contribution >= 0.6 is 0 Å². The highest BCUT2D eigenvalue weighted by atomic mass is 16.5. The van der Waals surface area contributed by atoms with E-state index in [9.17, 15) is 19.5 Å². The third kappa shape index (κ3) is 6.62. The van der Waals surface area contributed by atoms with Gasteiger partial charge >= 0.3 is 12.1 Å². The Balaban J connectivity index is 1.25. The number of hydrogen-bond acceptors (Lipinski definition) is 6. The molecule has 0 saturated heterocycles. The molecule has 1 unspecified atom stereocenters. The normalized spacial score (nSPS) is 12.5. The molecule has 1 atom stereocenters. The standard InChI is InChI=1S/C34H32N2O7/c1-41-23-15-11-21(12-16-23)32(22-13-17-24(42-2)18-14-22)36-31(37)19-30(33(38)39)35-34(40)43-20-29-27-9-5-3-7-25(27)26-8-4-6-10-28(26)29/h3-18,29-30,32H,19-20H2,1-2H3,(H,35,40)(H,36,37)(H,38,39). The molecule has 0 aliphatic heterocycles. The summed E-state index contributed by atoms with van der Waals surface area (Å²) in [5, 5.41) is 15.1. The first-order chi connectivity index (χ1) is 20.9. The Kier molecular flexibility index (Phi) is 8.90. The van der Waals surface area contributed by atoms with Gasteiger partial charge in [0.25, 0.3) is 0 Å². The smallest absolute Gasteiger partial charge is 0.407 e. The van der Waals surface area contributed by atoms with Gasteiger partial charge in [0.05, 0.1) is 26.7 Å². The van der Waals surface area contributed by atoms with E-state index >= 15 is 0 Å². The summed E-state index contributed by atoms with van der Waals surface area (Å²) < 4.78 is 16.0. The summed E-state index contributed by atoms with van der Waals surface area (Å²) in [6.45, 7) is 0.0232. The van der Waals surface area contributed by atoms with Crippen LogP contribution in [-0.2, 0) is 14.3 Å². The Hall–Kier alpha value is -5.31. The van der Waals surface area contributed by atoms with Crippen molar-refractivity contribution in [3.63, 3.8) is 0 Å². The second-order valence-corrected chi connectivity index (χ2v) is 10.1. The molecule has 0 heterocycles. The quantitative estimate of drug-likeness (QED) is 0.220. The molecule has 1 aliphatic carbocycles. The van der Waals surface area contributed by atoms with Gasteiger partial charge in [0, 0.05) is 5.92 Å². The van der Waals surface area contributed by atoms with Gasteiger partial charge in [-0.25, -0.2) is 9.59 Å². The number of hydrogen-bond donors (Lipinski definition) is 3. The highest BCUT2D eigenvalue weighted by molar-refractivity contribution is 5.87. The van der Waals surface area contributed by atoms with Crippen LogP contribution in [0.2, 0.25) is 0 Å². The van der Waals surface area contributed by atoms with Crippen molar-refractivity contribution in [2.24, 2.45) is 0 Å². The van der Waals surface area contributed by atoms with Crippen LogP contribution in [0, 0.1) is 0 Å². The number of fused-ring (bicyclic) bond motifs is 3. The number of nitrogens with one attached hydrogen (secondary N) is 2. The predicted octanol–water partition coefficient (Wildman–Crippen LogP) is 5.29. The van der Waals surface area contributed by atoms with Gasteiger partial charge < -0.3 is 30.0 Å². The molecule has 0 fully saturated rings. The molecule has 0 bridgehead atoms. The van der Waals surface area contributed by atoms with E-state index in [4.69, 9.17) is 14.2 Å². The minimum Gasteiger partial charge on any atom is -0.497 e. The van der Waals surface area contributed by atoms with E-state index in [0.717, 1.165) is 33.4 Å². The fourth-order valence-corrected chi connectivity index (χ4v) is 5.34. The highest BCUT2D eigenvalue weighted by Gasteiger charge is 2.30. The number of carbonyl (C=O) groups is 3. The maximum atomic E-state index is 13.2. The Labute approximate surface area is 249 Å². The van der Waals surface area contributed by atoms with Crippen LogP contribution in [-0.4, -0.2) is 49.9 Å². The second kappa shape index (κ2) is 13.1. The lowest BCUT2D eigenvalue weighted by Crippen LogP contribution is -2.45. The van der Waals surface area contributed by atoms with E-state index in [1.807, 2.05) is 72.8 Å². The lowest BCUT2D eigenvalue weighted by molar-refractivity contribution is -0.141. The van der Waals surface area contributed by atoms with Crippen molar-refractivity contribution in [3.8, 4) is 22.6 Å². The van der Waals surface area contributed by atoms with Crippen LogP contribution in [0.3, 0.4) is 0 Å². The molecule has 1 aliphatic rings. The largest absolute Gasteiger partial charge is 0.497 e. The van der Waals surface area contributed by atoms with Crippen molar-refractivity contribution in [1.82, 2.24) is 10.6 Å². The topological polar surface area (TPSA) is 123 Å². The van der Waals surface area contributed by atoms with Crippen LogP contribution in [0.25, 0.3) is 11.1 Å². The van der Waals surface area contributed by atoms with Gasteiger partial charge in [-0.05, 0) is 57.6 Å². The number of carbonyl (C=O) groups excluding carboxylic acids is 2. The van der Waals surface area contributed by atoms with Crippen LogP contribution in [0.15, 0.2) is 97.1 Å². The first kappa shape index (κ1) is 29.2. The number of ether oxygens (including phenoxy) is 3. The SMILES string of the molecule is COc1ccc(C(NC(=O)CC(NC(=O)OCC2c3ccccc3-c3ccccc32)C(=O)O)c2ccc(OC)cc2)cc1. The number of carboxylic acid groups (broad SMARTS) is 1. The van der Waals surface area contributed by atoms with E-state index in [1.165, 1.54) is 0 Å². The number of methoxy groups -OCH3 is 2. The molecule has 0 aromatic heterocycles. The first-order valence-corrected chi connectivity index (χ1v) is 13.8. The highest BCUT2D eigenvalue weighted by Crippen LogP contribution is 2.44. The minimum absolute atomic E-state index is 0.0232. The summed E-state index contributed by atoms with van der Waals surface area (Å²) in [6.07, 6.45) is -1.41. The monoisotopic (exact) mass is 580 g/mol. The Morgan fingerprint density at radius 2 is 1.21 bits per heavy atom. The summed E-state index contributed by atoms with van der Waals surface area (Å²) >= 11 is 0. The molecule has 4 aromatic carbocycles. The van der Waals surface area contributed by atoms with E-state index in [1.54, 1.807) is 38.5 Å². The van der Waals surface area contributed by atoms with Crippen molar-refractivity contribution in [3.05, 3.63) is 119 Å². The predicted molar refractivity (Wildman–Crippen MR) is 160 cm³/mol. The number of aliphatic carboxylic acids is 1. The number of amides is 2. The molecule has 9 nitrogen and oxygen atoms in total. The molecule has 4 aromatic rings. The Bertz CT molecular complexity index is 1510. The van der Waals surface area contributed by atoms with Crippen LogP contribution in [0.5, 0.6) is 11.5 Å². The summed E-state index contributed by atoms with van der Waals surface area (Å²) in [7, 11) is 3.13. The molecular formula is C34H32N2O7. The van der Waals surface area contributed by atoms with E-state index in [-0.39, 0.29) is 12.5 Å². The minimum atomic E-state index is -1.50. The number of rotatable bonds is 11. The fourth-order valence-electron chi connectivity index (χ4n) is 5.34. The summed E-state index contributed by atoms with van der Waals surface area (Å²) in [6, 6.07) is 28.1. The van der Waals surface area contributed by atoms with Crippen molar-refractivity contribution in [1.29, 1.82) is 0 Å². The third-order valence-electron chi connectivity index (χ3n) is 7.53. The maximum absolute atomic E-state index is 13.2. The molecule has 0 saturated carbocycles. The van der Waals surface area contributed by atoms with E-state index < -0.39 is 36.5 Å². The summed E-state index contributed by atoms with van der Waals surface area (Å²) in [5.74, 6) is -0.792. The molecular weight excluding hydrogens is 548 g/mol. The van der Waals surface area contributed by atoms with Gasteiger partial charge in [0.15, 0.2) is 0 Å². The number of alkyl carbamates (subject to hydrolysis) is 1. The molecule has 0 radical (unpaired) electrons. The lowest BCUT2D eigenvalue weighted by atomic mass is 9.98. The zero-order valence-electron chi connectivity index (χ0n) is 23.8. The van der Waals surface area contributed by atoms with Crippen LogP contribution in [0.1, 0.15) is 40.6 Å². The number of benzene rings is 4. The van der Waals surface area contributed by atoms with Crippen molar-refractivity contribution in [2.75, 3.05) is 20.8 Å². The molecule has 220 valence electrons. The molecule has 2 amide bonds. The lowest BCUT2D eigenvalue weighted by Gasteiger charge is -2.22. The van der Waals surface area contributed by atoms with Gasteiger partial charge in [-0.1, -0.05) is 72.8 Å². The van der Waals surface area contributed by atoms with Crippen molar-refractivity contribution in [2.45, 2.75) is 24.4 Å². The van der Waals surface area contributed by atoms with Gasteiger partial charge in [-0.2, -0.15) is 0 Å². The molecule has 3 N–H and O–H groups in total. The Morgan fingerprint density at radius 1 is 0.721 bits per heavy atom. The average Bonchev–Trinajstić information content (AvgIpc) is 3.36. The average molecular weight is 581 g/mol. The zero-order chi connectivity index (χ0) is 30.3. The first-order valence-electron chi connectivity index (χ1n) is 13.8. The molecule has 0 spiro atoms. The Morgan fingerprint density at radius 3 is 1.67 bits per heavy atom. The number of carboxylic acids is 1. The van der Waals surface area contributed by atoms with E-state index in [2.05, 4.69) is 10.6 Å². The van der Waals surface area contributed by atoms with Crippen molar-refractivity contribution >= 4 is 18.0 Å².